The third kappa shape index (κ3) is 3.08. The van der Waals surface area contributed by atoms with Crippen molar-refractivity contribution in [3.63, 3.8) is 0 Å². The third-order valence-electron chi connectivity index (χ3n) is 2.76. The Morgan fingerprint density at radius 1 is 1.44 bits per heavy atom. The molecule has 6 nitrogen and oxygen atoms in total. The highest BCUT2D eigenvalue weighted by Gasteiger charge is 2.30. The van der Waals surface area contributed by atoms with Crippen LogP contribution in [-0.4, -0.2) is 46.7 Å². The van der Waals surface area contributed by atoms with E-state index < -0.39 is 12.0 Å². The van der Waals surface area contributed by atoms with E-state index >= 15 is 0 Å². The van der Waals surface area contributed by atoms with Gasteiger partial charge >= 0.3 is 5.97 Å². The Morgan fingerprint density at radius 3 is 2.61 bits per heavy atom. The predicted molar refractivity (Wildman–Crippen MR) is 70.4 cm³/mol. The number of nitrogens with zero attached hydrogens (tertiary/aromatic N) is 3. The average molecular weight is 273 g/mol. The summed E-state index contributed by atoms with van der Waals surface area (Å²) in [6.07, 6.45) is 0. The van der Waals surface area contributed by atoms with Crippen LogP contribution in [0, 0.1) is 13.8 Å². The molecular weight excluding hydrogens is 256 g/mol. The standard InChI is InChI=1S/C11H16N4O2.ClH/c1-7-5-8(2)14-11(13-7)15-4-3-12-6-9(15)10(16)17;/h5,9,12H,3-4,6H2,1-2H3,(H,16,17);1H. The number of carboxylic acids is 1. The highest BCUT2D eigenvalue weighted by atomic mass is 35.5. The molecule has 18 heavy (non-hydrogen) atoms. The number of carbonyl (C=O) groups is 1. The molecule has 0 amide bonds. The normalized spacial score (nSPS) is 19.2. The molecule has 100 valence electrons. The van der Waals surface area contributed by atoms with Crippen LogP contribution in [0.5, 0.6) is 0 Å². The first-order valence-corrected chi connectivity index (χ1v) is 5.60. The molecule has 1 aliphatic heterocycles. The lowest BCUT2D eigenvalue weighted by Crippen LogP contribution is -2.55. The van der Waals surface area contributed by atoms with Crippen molar-refractivity contribution in [2.45, 2.75) is 19.9 Å². The maximum absolute atomic E-state index is 11.2. The third-order valence-corrected chi connectivity index (χ3v) is 2.76. The zero-order chi connectivity index (χ0) is 12.4. The molecule has 0 saturated carbocycles. The van der Waals surface area contributed by atoms with Crippen molar-refractivity contribution in [3.8, 4) is 0 Å². The van der Waals surface area contributed by atoms with Gasteiger partial charge in [-0.3, -0.25) is 0 Å². The van der Waals surface area contributed by atoms with Crippen LogP contribution in [0.4, 0.5) is 5.95 Å². The van der Waals surface area contributed by atoms with Crippen molar-refractivity contribution in [1.29, 1.82) is 0 Å². The lowest BCUT2D eigenvalue weighted by molar-refractivity contribution is -0.138. The molecular formula is C11H17ClN4O2. The zero-order valence-electron chi connectivity index (χ0n) is 10.4. The van der Waals surface area contributed by atoms with Gasteiger partial charge in [0.1, 0.15) is 6.04 Å². The van der Waals surface area contributed by atoms with Gasteiger partial charge in [0.25, 0.3) is 0 Å². The summed E-state index contributed by atoms with van der Waals surface area (Å²) >= 11 is 0. The number of hydrogen-bond acceptors (Lipinski definition) is 5. The van der Waals surface area contributed by atoms with Gasteiger partial charge in [0.15, 0.2) is 0 Å². The Bertz CT molecular complexity index is 421. The molecule has 2 heterocycles. The van der Waals surface area contributed by atoms with Crippen LogP contribution in [0.1, 0.15) is 11.4 Å². The van der Waals surface area contributed by atoms with Crippen LogP contribution >= 0.6 is 12.4 Å². The summed E-state index contributed by atoms with van der Waals surface area (Å²) < 4.78 is 0. The molecule has 1 aromatic rings. The number of aryl methyl sites for hydroxylation is 2. The number of hydrogen-bond donors (Lipinski definition) is 2. The second kappa shape index (κ2) is 5.97. The molecule has 2 N–H and O–H groups in total. The summed E-state index contributed by atoms with van der Waals surface area (Å²) in [7, 11) is 0. The SMILES string of the molecule is Cc1cc(C)nc(N2CCNCC2C(=O)O)n1.Cl. The topological polar surface area (TPSA) is 78.4 Å². The number of piperazine rings is 1. The lowest BCUT2D eigenvalue weighted by atomic mass is 10.2. The van der Waals surface area contributed by atoms with Gasteiger partial charge in [-0.2, -0.15) is 0 Å². The fourth-order valence-electron chi connectivity index (χ4n) is 2.00. The molecule has 0 bridgehead atoms. The minimum Gasteiger partial charge on any atom is -0.480 e. The lowest BCUT2D eigenvalue weighted by Gasteiger charge is -2.33. The van der Waals surface area contributed by atoms with E-state index in [1.807, 2.05) is 19.9 Å². The summed E-state index contributed by atoms with van der Waals surface area (Å²) in [5.41, 5.74) is 1.71. The van der Waals surface area contributed by atoms with Crippen molar-refractivity contribution in [2.75, 3.05) is 24.5 Å². The summed E-state index contributed by atoms with van der Waals surface area (Å²) in [4.78, 5) is 21.5. The van der Waals surface area contributed by atoms with E-state index in [0.29, 0.717) is 19.0 Å². The smallest absolute Gasteiger partial charge is 0.327 e. The van der Waals surface area contributed by atoms with Crippen molar-refractivity contribution in [3.05, 3.63) is 17.5 Å². The molecule has 0 spiro atoms. The molecule has 0 aliphatic carbocycles. The molecule has 7 heteroatoms. The second-order valence-corrected chi connectivity index (χ2v) is 4.20. The Kier molecular flexibility index (Phi) is 4.86. The van der Waals surface area contributed by atoms with E-state index in [9.17, 15) is 9.90 Å². The zero-order valence-corrected chi connectivity index (χ0v) is 11.2. The van der Waals surface area contributed by atoms with Gasteiger partial charge < -0.3 is 15.3 Å². The van der Waals surface area contributed by atoms with Gasteiger partial charge in [-0.1, -0.05) is 0 Å². The molecule has 1 fully saturated rings. The molecule has 1 unspecified atom stereocenters. The molecule has 1 aromatic heterocycles. The van der Waals surface area contributed by atoms with E-state index in [2.05, 4.69) is 15.3 Å². The number of rotatable bonds is 2. The van der Waals surface area contributed by atoms with Crippen LogP contribution in [0.15, 0.2) is 6.07 Å². The summed E-state index contributed by atoms with van der Waals surface area (Å²) in [6.45, 7) is 5.55. The predicted octanol–water partition coefficient (Wildman–Crippen LogP) is 0.378. The van der Waals surface area contributed by atoms with Crippen LogP contribution in [0.2, 0.25) is 0 Å². The minimum absolute atomic E-state index is 0. The van der Waals surface area contributed by atoms with E-state index in [0.717, 1.165) is 17.9 Å². The van der Waals surface area contributed by atoms with Crippen molar-refractivity contribution >= 4 is 24.3 Å². The van der Waals surface area contributed by atoms with Crippen LogP contribution in [0.3, 0.4) is 0 Å². The Hall–Kier alpha value is -1.40. The number of anilines is 1. The Balaban J connectivity index is 0.00000162. The van der Waals surface area contributed by atoms with Crippen LogP contribution < -0.4 is 10.2 Å². The first-order valence-electron chi connectivity index (χ1n) is 5.60. The molecule has 0 radical (unpaired) electrons. The first-order chi connectivity index (χ1) is 8.08. The maximum Gasteiger partial charge on any atom is 0.327 e. The number of aliphatic carboxylic acids is 1. The number of halogens is 1. The first kappa shape index (κ1) is 14.7. The van der Waals surface area contributed by atoms with Gasteiger partial charge in [0.2, 0.25) is 5.95 Å². The fraction of sp³-hybridized carbons (Fsp3) is 0.545. The molecule has 0 aromatic carbocycles. The van der Waals surface area contributed by atoms with E-state index in [4.69, 9.17) is 0 Å². The van der Waals surface area contributed by atoms with Crippen molar-refractivity contribution in [1.82, 2.24) is 15.3 Å². The van der Waals surface area contributed by atoms with E-state index in [1.165, 1.54) is 0 Å². The quantitative estimate of drug-likeness (QED) is 0.810. The summed E-state index contributed by atoms with van der Waals surface area (Å²) in [5, 5.41) is 12.2. The fourth-order valence-corrected chi connectivity index (χ4v) is 2.00. The molecule has 1 saturated heterocycles. The van der Waals surface area contributed by atoms with Crippen LogP contribution in [0.25, 0.3) is 0 Å². The van der Waals surface area contributed by atoms with Crippen molar-refractivity contribution in [2.24, 2.45) is 0 Å². The molecule has 1 atom stereocenters. The highest BCUT2D eigenvalue weighted by Crippen LogP contribution is 2.14. The number of nitrogens with one attached hydrogen (secondary N) is 1. The van der Waals surface area contributed by atoms with Crippen molar-refractivity contribution < 1.29 is 9.90 Å². The number of carboxylic acid groups (broad SMARTS) is 1. The Morgan fingerprint density at radius 2 is 2.06 bits per heavy atom. The van der Waals surface area contributed by atoms with Gasteiger partial charge in [-0.15, -0.1) is 12.4 Å². The Labute approximate surface area is 112 Å². The van der Waals surface area contributed by atoms with Crippen LogP contribution in [-0.2, 0) is 4.79 Å². The minimum atomic E-state index is -0.847. The highest BCUT2D eigenvalue weighted by molar-refractivity contribution is 5.85. The number of aromatic nitrogens is 2. The monoisotopic (exact) mass is 272 g/mol. The van der Waals surface area contributed by atoms with Gasteiger partial charge in [0, 0.05) is 31.0 Å². The average Bonchev–Trinajstić information content (AvgIpc) is 2.27. The maximum atomic E-state index is 11.2. The second-order valence-electron chi connectivity index (χ2n) is 4.20. The van der Waals surface area contributed by atoms with Gasteiger partial charge in [-0.05, 0) is 19.9 Å². The summed E-state index contributed by atoms with van der Waals surface area (Å²) in [5.74, 6) is -0.337. The van der Waals surface area contributed by atoms with Gasteiger partial charge in [0.05, 0.1) is 0 Å². The molecule has 1 aliphatic rings. The van der Waals surface area contributed by atoms with Gasteiger partial charge in [-0.25, -0.2) is 14.8 Å². The van der Waals surface area contributed by atoms with E-state index in [1.54, 1.807) is 4.90 Å². The largest absolute Gasteiger partial charge is 0.480 e. The van der Waals surface area contributed by atoms with E-state index in [-0.39, 0.29) is 12.4 Å². The summed E-state index contributed by atoms with van der Waals surface area (Å²) in [6, 6.07) is 1.28. The molecule has 2 rings (SSSR count).